The van der Waals surface area contributed by atoms with Gasteiger partial charge in [0.15, 0.2) is 0 Å². The highest BCUT2D eigenvalue weighted by atomic mass is 16.3. The van der Waals surface area contributed by atoms with Gasteiger partial charge in [0.25, 0.3) is 0 Å². The predicted octanol–water partition coefficient (Wildman–Crippen LogP) is 2.26. The van der Waals surface area contributed by atoms with Crippen molar-refractivity contribution < 1.29 is 5.11 Å². The number of rotatable bonds is 1. The van der Waals surface area contributed by atoms with Gasteiger partial charge in [-0.2, -0.15) is 0 Å². The van der Waals surface area contributed by atoms with Crippen LogP contribution in [0.5, 0.6) is 0 Å². The third-order valence-electron chi connectivity index (χ3n) is 2.40. The van der Waals surface area contributed by atoms with E-state index >= 15 is 0 Å². The number of benzene rings is 1. The second kappa shape index (κ2) is 2.67. The molecule has 0 amide bonds. The van der Waals surface area contributed by atoms with E-state index < -0.39 is 5.60 Å². The standard InChI is InChI=1S/C11H13NO/c1-11(2,13)9-7-12-10-6-4-3-5-8(9)10/h3-7,9,13H,1-2H3. The first-order chi connectivity index (χ1) is 6.09. The molecule has 1 aromatic carbocycles. The number of aliphatic hydroxyl groups is 1. The van der Waals surface area contributed by atoms with Crippen LogP contribution in [0.4, 0.5) is 5.69 Å². The molecule has 1 N–H and O–H groups in total. The summed E-state index contributed by atoms with van der Waals surface area (Å²) in [6.45, 7) is 3.62. The van der Waals surface area contributed by atoms with Gasteiger partial charge in [0.2, 0.25) is 0 Å². The molecule has 0 saturated carbocycles. The third kappa shape index (κ3) is 1.38. The monoisotopic (exact) mass is 175 g/mol. The van der Waals surface area contributed by atoms with Crippen molar-refractivity contribution in [3.63, 3.8) is 0 Å². The molecule has 0 aromatic heterocycles. The average molecular weight is 175 g/mol. The van der Waals surface area contributed by atoms with Crippen molar-refractivity contribution in [3.05, 3.63) is 29.8 Å². The maximum Gasteiger partial charge on any atom is 0.0710 e. The van der Waals surface area contributed by atoms with Gasteiger partial charge in [0.05, 0.1) is 11.3 Å². The van der Waals surface area contributed by atoms with Crippen molar-refractivity contribution in [2.24, 2.45) is 4.99 Å². The molecule has 1 aliphatic rings. The summed E-state index contributed by atoms with van der Waals surface area (Å²) in [6, 6.07) is 7.93. The molecule has 0 bridgehead atoms. The van der Waals surface area contributed by atoms with Gasteiger partial charge in [-0.15, -0.1) is 0 Å². The highest BCUT2D eigenvalue weighted by Gasteiger charge is 2.31. The van der Waals surface area contributed by atoms with Gasteiger partial charge in [-0.3, -0.25) is 4.99 Å². The summed E-state index contributed by atoms with van der Waals surface area (Å²) in [5, 5.41) is 9.87. The van der Waals surface area contributed by atoms with Crippen LogP contribution < -0.4 is 0 Å². The predicted molar refractivity (Wildman–Crippen MR) is 53.6 cm³/mol. The van der Waals surface area contributed by atoms with Crippen LogP contribution in [0.1, 0.15) is 25.3 Å². The first-order valence-corrected chi connectivity index (χ1v) is 4.44. The summed E-state index contributed by atoms with van der Waals surface area (Å²) in [5.74, 6) is 0.0312. The third-order valence-corrected chi connectivity index (χ3v) is 2.40. The molecule has 2 rings (SSSR count). The zero-order chi connectivity index (χ0) is 9.47. The van der Waals surface area contributed by atoms with Gasteiger partial charge >= 0.3 is 0 Å². The van der Waals surface area contributed by atoms with Gasteiger partial charge in [0.1, 0.15) is 0 Å². The van der Waals surface area contributed by atoms with Crippen LogP contribution in [-0.4, -0.2) is 16.9 Å². The Morgan fingerprint density at radius 1 is 1.31 bits per heavy atom. The van der Waals surface area contributed by atoms with E-state index in [4.69, 9.17) is 0 Å². The fourth-order valence-corrected chi connectivity index (χ4v) is 1.67. The number of hydrogen-bond donors (Lipinski definition) is 1. The molecular formula is C11H13NO. The molecule has 1 atom stereocenters. The minimum absolute atomic E-state index is 0.0312. The average Bonchev–Trinajstić information content (AvgIpc) is 2.45. The van der Waals surface area contributed by atoms with Gasteiger partial charge < -0.3 is 5.11 Å². The smallest absolute Gasteiger partial charge is 0.0710 e. The molecule has 0 aliphatic carbocycles. The Bertz CT molecular complexity index is 349. The molecule has 68 valence electrons. The van der Waals surface area contributed by atoms with Crippen LogP contribution in [0.3, 0.4) is 0 Å². The lowest BCUT2D eigenvalue weighted by molar-refractivity contribution is 0.0733. The maximum absolute atomic E-state index is 9.87. The fraction of sp³-hybridized carbons (Fsp3) is 0.364. The van der Waals surface area contributed by atoms with E-state index in [0.29, 0.717) is 0 Å². The molecule has 13 heavy (non-hydrogen) atoms. The second-order valence-corrected chi connectivity index (χ2v) is 3.97. The summed E-state index contributed by atoms with van der Waals surface area (Å²) >= 11 is 0. The summed E-state index contributed by atoms with van der Waals surface area (Å²) in [5.41, 5.74) is 1.38. The molecule has 2 nitrogen and oxygen atoms in total. The lowest BCUT2D eigenvalue weighted by Crippen LogP contribution is -2.28. The summed E-state index contributed by atoms with van der Waals surface area (Å²) in [7, 11) is 0. The van der Waals surface area contributed by atoms with Crippen LogP contribution in [0.25, 0.3) is 0 Å². The molecule has 1 unspecified atom stereocenters. The molecule has 0 fully saturated rings. The number of hydrogen-bond acceptors (Lipinski definition) is 2. The molecule has 1 heterocycles. The van der Waals surface area contributed by atoms with E-state index in [2.05, 4.69) is 4.99 Å². The molecule has 0 saturated heterocycles. The highest BCUT2D eigenvalue weighted by molar-refractivity contribution is 5.81. The van der Waals surface area contributed by atoms with Crippen LogP contribution in [0, 0.1) is 0 Å². The molecule has 1 aliphatic heterocycles. The normalized spacial score (nSPS) is 20.4. The van der Waals surface area contributed by atoms with Crippen molar-refractivity contribution in [1.82, 2.24) is 0 Å². The van der Waals surface area contributed by atoms with Gasteiger partial charge in [-0.1, -0.05) is 18.2 Å². The van der Waals surface area contributed by atoms with Gasteiger partial charge in [-0.25, -0.2) is 0 Å². The Hall–Kier alpha value is -1.15. The zero-order valence-corrected chi connectivity index (χ0v) is 7.86. The van der Waals surface area contributed by atoms with Crippen molar-refractivity contribution in [2.45, 2.75) is 25.4 Å². The van der Waals surface area contributed by atoms with Crippen LogP contribution >= 0.6 is 0 Å². The Balaban J connectivity index is 2.45. The Labute approximate surface area is 77.9 Å². The quantitative estimate of drug-likeness (QED) is 0.697. The van der Waals surface area contributed by atoms with Crippen molar-refractivity contribution in [3.8, 4) is 0 Å². The minimum atomic E-state index is -0.726. The van der Waals surface area contributed by atoms with Gasteiger partial charge in [-0.05, 0) is 25.5 Å². The number of fused-ring (bicyclic) bond motifs is 1. The van der Waals surface area contributed by atoms with Gasteiger partial charge in [0, 0.05) is 12.1 Å². The van der Waals surface area contributed by atoms with Crippen molar-refractivity contribution in [2.75, 3.05) is 0 Å². The summed E-state index contributed by atoms with van der Waals surface area (Å²) in [4.78, 5) is 4.26. The SMILES string of the molecule is CC(C)(O)C1C=Nc2ccccc21. The summed E-state index contributed by atoms with van der Waals surface area (Å²) < 4.78 is 0. The van der Waals surface area contributed by atoms with E-state index in [9.17, 15) is 5.11 Å². The Morgan fingerprint density at radius 2 is 2.00 bits per heavy atom. The molecule has 0 spiro atoms. The van der Waals surface area contributed by atoms with Crippen LogP contribution in [0.2, 0.25) is 0 Å². The van der Waals surface area contributed by atoms with E-state index in [-0.39, 0.29) is 5.92 Å². The van der Waals surface area contributed by atoms with E-state index in [0.717, 1.165) is 11.3 Å². The van der Waals surface area contributed by atoms with Crippen molar-refractivity contribution >= 4 is 11.9 Å². The second-order valence-electron chi connectivity index (χ2n) is 3.97. The molecule has 0 radical (unpaired) electrons. The van der Waals surface area contributed by atoms with Crippen molar-refractivity contribution in [1.29, 1.82) is 0 Å². The lowest BCUT2D eigenvalue weighted by atomic mass is 9.87. The number of nitrogens with zero attached hydrogens (tertiary/aromatic N) is 1. The highest BCUT2D eigenvalue weighted by Crippen LogP contribution is 2.37. The van der Waals surface area contributed by atoms with Crippen LogP contribution in [0.15, 0.2) is 29.3 Å². The maximum atomic E-state index is 9.87. The number of aliphatic imine (C=N–C) groups is 1. The fourth-order valence-electron chi connectivity index (χ4n) is 1.67. The summed E-state index contributed by atoms with van der Waals surface area (Å²) in [6.07, 6.45) is 1.82. The molecule has 1 aromatic rings. The molecule has 2 heteroatoms. The van der Waals surface area contributed by atoms with E-state index in [1.165, 1.54) is 0 Å². The Morgan fingerprint density at radius 3 is 2.69 bits per heavy atom. The lowest BCUT2D eigenvalue weighted by Gasteiger charge is -2.23. The van der Waals surface area contributed by atoms with E-state index in [1.807, 2.05) is 44.3 Å². The topological polar surface area (TPSA) is 32.6 Å². The minimum Gasteiger partial charge on any atom is -0.389 e. The van der Waals surface area contributed by atoms with E-state index in [1.54, 1.807) is 0 Å². The first-order valence-electron chi connectivity index (χ1n) is 4.44. The zero-order valence-electron chi connectivity index (χ0n) is 7.86. The Kier molecular flexibility index (Phi) is 1.74. The van der Waals surface area contributed by atoms with Crippen LogP contribution in [-0.2, 0) is 0 Å². The number of para-hydroxylation sites is 1. The molecular weight excluding hydrogens is 162 g/mol. The first kappa shape index (κ1) is 8.45. The largest absolute Gasteiger partial charge is 0.389 e.